The van der Waals surface area contributed by atoms with E-state index in [1.54, 1.807) is 5.57 Å². The summed E-state index contributed by atoms with van der Waals surface area (Å²) in [4.78, 5) is 0. The molecule has 1 nitrogen and oxygen atoms in total. The average Bonchev–Trinajstić information content (AvgIpc) is 2.99. The molecule has 0 heterocycles. The van der Waals surface area contributed by atoms with Crippen LogP contribution in [0.4, 0.5) is 0 Å². The summed E-state index contributed by atoms with van der Waals surface area (Å²) in [5.74, 6) is 5.02. The molecular weight excluding hydrogens is 340 g/mol. The average molecular weight is 385 g/mol. The predicted molar refractivity (Wildman–Crippen MR) is 119 cm³/mol. The summed E-state index contributed by atoms with van der Waals surface area (Å²) in [7, 11) is 0. The van der Waals surface area contributed by atoms with Crippen molar-refractivity contribution in [3.63, 3.8) is 0 Å². The molecule has 28 heavy (non-hydrogen) atoms. The minimum atomic E-state index is -0.0828. The van der Waals surface area contributed by atoms with E-state index in [0.29, 0.717) is 16.7 Å². The zero-order valence-corrected chi connectivity index (χ0v) is 19.1. The number of aliphatic hydroxyl groups is 1. The first-order valence-electron chi connectivity index (χ1n) is 12.3. The molecule has 3 saturated carbocycles. The highest BCUT2D eigenvalue weighted by Gasteiger charge is 2.58. The third kappa shape index (κ3) is 3.34. The summed E-state index contributed by atoms with van der Waals surface area (Å²) in [5, 5.41) is 10.2. The molecule has 158 valence electrons. The number of rotatable bonds is 4. The lowest BCUT2D eigenvalue weighted by Gasteiger charge is -2.58. The van der Waals surface area contributed by atoms with Crippen LogP contribution in [-0.2, 0) is 0 Å². The first kappa shape index (κ1) is 20.7. The normalized spacial score (nSPS) is 46.8. The molecule has 8 atom stereocenters. The first-order valence-corrected chi connectivity index (χ1v) is 12.3. The van der Waals surface area contributed by atoms with E-state index in [9.17, 15) is 5.11 Å². The molecule has 4 unspecified atom stereocenters. The molecule has 0 aromatic carbocycles. The van der Waals surface area contributed by atoms with E-state index in [-0.39, 0.29) is 6.10 Å². The van der Waals surface area contributed by atoms with E-state index in [1.165, 1.54) is 44.9 Å². The number of aliphatic hydroxyl groups excluding tert-OH is 1. The van der Waals surface area contributed by atoms with Gasteiger partial charge in [0.05, 0.1) is 6.10 Å². The standard InChI is InChI=1S/C27H44O/c1-18(2)19(3)7-6-8-20-10-12-24-23-11-9-21-17-22(28)13-15-27(21,5)25(23)14-16-26(20,24)4/h6-7,9,18-20,22-25,28H,8,10-17H2,1-5H3/b7-6+/t19-,20?,22+,23?,24?,25?,26-,27+/m1/s1. The molecule has 3 fully saturated rings. The van der Waals surface area contributed by atoms with Crippen molar-refractivity contribution in [3.05, 3.63) is 23.8 Å². The zero-order chi connectivity index (χ0) is 20.1. The Hall–Kier alpha value is -0.560. The second-order valence-corrected chi connectivity index (χ2v) is 11.7. The van der Waals surface area contributed by atoms with Gasteiger partial charge < -0.3 is 5.11 Å². The van der Waals surface area contributed by atoms with Crippen molar-refractivity contribution in [2.75, 3.05) is 0 Å². The van der Waals surface area contributed by atoms with Gasteiger partial charge in [-0.3, -0.25) is 0 Å². The quantitative estimate of drug-likeness (QED) is 0.510. The van der Waals surface area contributed by atoms with E-state index in [4.69, 9.17) is 0 Å². The van der Waals surface area contributed by atoms with Crippen LogP contribution in [0.3, 0.4) is 0 Å². The number of fused-ring (bicyclic) bond motifs is 5. The van der Waals surface area contributed by atoms with E-state index >= 15 is 0 Å². The SMILES string of the molecule is CC(C)[C@H](C)/C=C/CC1CCC2C3CC=C4C[C@@H](O)CC[C@]4(C)C3CC[C@]12C. The van der Waals surface area contributed by atoms with Gasteiger partial charge in [0.15, 0.2) is 0 Å². The summed E-state index contributed by atoms with van der Waals surface area (Å²) in [6.45, 7) is 12.2. The maximum atomic E-state index is 10.2. The molecule has 1 N–H and O–H groups in total. The second-order valence-electron chi connectivity index (χ2n) is 11.7. The summed E-state index contributed by atoms with van der Waals surface area (Å²) in [6, 6.07) is 0. The molecule has 4 aliphatic rings. The van der Waals surface area contributed by atoms with Crippen molar-refractivity contribution >= 4 is 0 Å². The largest absolute Gasteiger partial charge is 0.393 e. The van der Waals surface area contributed by atoms with Crippen LogP contribution in [0.2, 0.25) is 0 Å². The van der Waals surface area contributed by atoms with Crippen LogP contribution in [-0.4, -0.2) is 11.2 Å². The molecule has 0 saturated heterocycles. The number of hydrogen-bond donors (Lipinski definition) is 1. The number of hydrogen-bond acceptors (Lipinski definition) is 1. The monoisotopic (exact) mass is 384 g/mol. The van der Waals surface area contributed by atoms with Crippen molar-refractivity contribution in [1.82, 2.24) is 0 Å². The van der Waals surface area contributed by atoms with Crippen molar-refractivity contribution < 1.29 is 5.11 Å². The molecule has 0 aliphatic heterocycles. The molecule has 4 aliphatic carbocycles. The molecule has 0 bridgehead atoms. The lowest BCUT2D eigenvalue weighted by molar-refractivity contribution is -0.0492. The fraction of sp³-hybridized carbons (Fsp3) is 0.852. The molecule has 0 amide bonds. The van der Waals surface area contributed by atoms with Crippen LogP contribution in [0.15, 0.2) is 23.8 Å². The van der Waals surface area contributed by atoms with Gasteiger partial charge in [0.1, 0.15) is 0 Å². The Morgan fingerprint density at radius 3 is 2.61 bits per heavy atom. The van der Waals surface area contributed by atoms with Gasteiger partial charge in [-0.1, -0.05) is 58.4 Å². The van der Waals surface area contributed by atoms with Crippen molar-refractivity contribution in [2.45, 2.75) is 98.5 Å². The Bertz CT molecular complexity index is 630. The van der Waals surface area contributed by atoms with E-state index in [2.05, 4.69) is 52.8 Å². The van der Waals surface area contributed by atoms with Gasteiger partial charge in [-0.2, -0.15) is 0 Å². The Morgan fingerprint density at radius 2 is 1.86 bits per heavy atom. The van der Waals surface area contributed by atoms with Gasteiger partial charge in [0.2, 0.25) is 0 Å². The zero-order valence-electron chi connectivity index (χ0n) is 19.1. The summed E-state index contributed by atoms with van der Waals surface area (Å²) < 4.78 is 0. The highest BCUT2D eigenvalue weighted by atomic mass is 16.3. The van der Waals surface area contributed by atoms with Gasteiger partial charge >= 0.3 is 0 Å². The minimum absolute atomic E-state index is 0.0828. The van der Waals surface area contributed by atoms with Crippen LogP contribution < -0.4 is 0 Å². The lowest BCUT2D eigenvalue weighted by Crippen LogP contribution is -2.50. The molecule has 1 heteroatoms. The van der Waals surface area contributed by atoms with Crippen molar-refractivity contribution in [3.8, 4) is 0 Å². The predicted octanol–water partition coefficient (Wildman–Crippen LogP) is 7.16. The Kier molecular flexibility index (Phi) is 5.62. The second kappa shape index (κ2) is 7.60. The topological polar surface area (TPSA) is 20.2 Å². The van der Waals surface area contributed by atoms with Crippen LogP contribution in [0, 0.1) is 46.3 Å². The lowest BCUT2D eigenvalue weighted by atomic mass is 9.47. The third-order valence-electron chi connectivity index (χ3n) is 10.2. The van der Waals surface area contributed by atoms with E-state index < -0.39 is 0 Å². The summed E-state index contributed by atoms with van der Waals surface area (Å²) >= 11 is 0. The summed E-state index contributed by atoms with van der Waals surface area (Å²) in [5.41, 5.74) is 2.55. The van der Waals surface area contributed by atoms with E-state index in [0.717, 1.165) is 42.4 Å². The minimum Gasteiger partial charge on any atom is -0.393 e. The smallest absolute Gasteiger partial charge is 0.0577 e. The fourth-order valence-electron chi connectivity index (χ4n) is 7.82. The van der Waals surface area contributed by atoms with Crippen LogP contribution in [0.5, 0.6) is 0 Å². The maximum absolute atomic E-state index is 10.2. The van der Waals surface area contributed by atoms with Gasteiger partial charge in [0, 0.05) is 0 Å². The molecule has 0 aromatic rings. The highest BCUT2D eigenvalue weighted by molar-refractivity contribution is 5.25. The van der Waals surface area contributed by atoms with E-state index in [1.807, 2.05) is 0 Å². The molecule has 4 rings (SSSR count). The van der Waals surface area contributed by atoms with Crippen molar-refractivity contribution in [1.29, 1.82) is 0 Å². The van der Waals surface area contributed by atoms with Crippen LogP contribution in [0.25, 0.3) is 0 Å². The van der Waals surface area contributed by atoms with Gasteiger partial charge in [-0.25, -0.2) is 0 Å². The maximum Gasteiger partial charge on any atom is 0.0577 e. The van der Waals surface area contributed by atoms with Gasteiger partial charge in [-0.15, -0.1) is 0 Å². The molecule has 0 spiro atoms. The van der Waals surface area contributed by atoms with Gasteiger partial charge in [0.25, 0.3) is 0 Å². The fourth-order valence-corrected chi connectivity index (χ4v) is 7.82. The Morgan fingerprint density at radius 1 is 1.07 bits per heavy atom. The van der Waals surface area contributed by atoms with Crippen molar-refractivity contribution in [2.24, 2.45) is 46.3 Å². The van der Waals surface area contributed by atoms with Gasteiger partial charge in [-0.05, 0) is 104 Å². The Labute approximate surface area is 174 Å². The molecule has 0 radical (unpaired) electrons. The Balaban J connectivity index is 1.49. The third-order valence-corrected chi connectivity index (χ3v) is 10.2. The highest BCUT2D eigenvalue weighted by Crippen LogP contribution is 2.66. The first-order chi connectivity index (χ1) is 13.3. The van der Waals surface area contributed by atoms with Crippen LogP contribution in [0.1, 0.15) is 92.4 Å². The molecule has 0 aromatic heterocycles. The molecular formula is C27H44O. The summed E-state index contributed by atoms with van der Waals surface area (Å²) in [6.07, 6.45) is 19.0. The van der Waals surface area contributed by atoms with Crippen LogP contribution >= 0.6 is 0 Å². The number of allylic oxidation sites excluding steroid dienone is 3.